The van der Waals surface area contributed by atoms with Gasteiger partial charge in [-0.25, -0.2) is 9.36 Å². The predicted molar refractivity (Wildman–Crippen MR) is 133 cm³/mol. The standard InChI is InChI=1S/C22H19B3N4O3S/c23-22(24,25)27-17(30)8-10-28-9-7-12-11-13(5-6-15(12)28)29-20(31)18-14-3-1-2-4-16(14)33-19(18)26-21(29)32/h5-7,9,11H,1-4,8,10H2,(H,26,32)(H,27,30). The number of hydrogen-bond donors (Lipinski definition) is 2. The third-order valence-electron chi connectivity index (χ3n) is 5.96. The van der Waals surface area contributed by atoms with Crippen LogP contribution in [0, 0.1) is 0 Å². The first-order valence-corrected chi connectivity index (χ1v) is 11.6. The lowest BCUT2D eigenvalue weighted by Gasteiger charge is -2.22. The van der Waals surface area contributed by atoms with Gasteiger partial charge in [0.05, 0.1) is 34.6 Å². The van der Waals surface area contributed by atoms with Gasteiger partial charge < -0.3 is 9.88 Å². The third-order valence-corrected chi connectivity index (χ3v) is 7.17. The number of H-pyrrole nitrogens is 1. The highest BCUT2D eigenvalue weighted by Crippen LogP contribution is 2.33. The Kier molecular flexibility index (Phi) is 5.39. The van der Waals surface area contributed by atoms with Crippen molar-refractivity contribution in [3.63, 3.8) is 0 Å². The van der Waals surface area contributed by atoms with Crippen molar-refractivity contribution >= 4 is 61.9 Å². The van der Waals surface area contributed by atoms with Crippen LogP contribution in [0.1, 0.15) is 29.7 Å². The molecular formula is C22H19B3N4O3S. The first kappa shape index (κ1) is 21.9. The summed E-state index contributed by atoms with van der Waals surface area (Å²) in [4.78, 5) is 42.9. The maximum absolute atomic E-state index is 13.4. The van der Waals surface area contributed by atoms with Crippen LogP contribution < -0.4 is 16.6 Å². The summed E-state index contributed by atoms with van der Waals surface area (Å²) < 4.78 is 3.10. The number of rotatable bonds is 5. The maximum atomic E-state index is 13.4. The predicted octanol–water partition coefficient (Wildman–Crippen LogP) is 1.20. The normalized spacial score (nSPS) is 13.9. The van der Waals surface area contributed by atoms with E-state index >= 15 is 0 Å². The van der Waals surface area contributed by atoms with E-state index in [0.717, 1.165) is 42.1 Å². The summed E-state index contributed by atoms with van der Waals surface area (Å²) in [7, 11) is 16.2. The molecule has 0 atom stereocenters. The number of amides is 1. The molecule has 11 heteroatoms. The molecule has 0 saturated carbocycles. The number of nitrogens with one attached hydrogen (secondary N) is 2. The zero-order valence-corrected chi connectivity index (χ0v) is 18.7. The highest BCUT2D eigenvalue weighted by atomic mass is 32.1. The van der Waals surface area contributed by atoms with Gasteiger partial charge in [-0.2, -0.15) is 0 Å². The van der Waals surface area contributed by atoms with Crippen LogP contribution in [-0.4, -0.2) is 48.8 Å². The largest absolute Gasteiger partial charge is 0.376 e. The Balaban J connectivity index is 1.49. The number of carbonyl (C=O) groups is 1. The van der Waals surface area contributed by atoms with Gasteiger partial charge in [0.1, 0.15) is 4.83 Å². The highest BCUT2D eigenvalue weighted by molar-refractivity contribution is 7.18. The second kappa shape index (κ2) is 8.13. The number of nitrogens with zero attached hydrogens (tertiary/aromatic N) is 2. The second-order valence-corrected chi connectivity index (χ2v) is 9.57. The van der Waals surface area contributed by atoms with Crippen LogP contribution in [0.3, 0.4) is 0 Å². The SMILES string of the molecule is [B]C([B])([B])NC(=O)CCn1ccc2cc(-n3c(=O)[nH]c4sc5c(c4c3=O)CCCC5)ccc21. The molecule has 0 aliphatic heterocycles. The van der Waals surface area contributed by atoms with Crippen molar-refractivity contribution < 1.29 is 4.79 Å². The molecule has 1 amide bonds. The second-order valence-electron chi connectivity index (χ2n) is 8.47. The van der Waals surface area contributed by atoms with Gasteiger partial charge in [-0.3, -0.25) is 14.6 Å². The number of fused-ring (bicyclic) bond motifs is 4. The van der Waals surface area contributed by atoms with Crippen molar-refractivity contribution in [2.45, 2.75) is 43.9 Å². The molecule has 2 N–H and O–H groups in total. The van der Waals surface area contributed by atoms with Crippen LogP contribution in [-0.2, 0) is 24.2 Å². The van der Waals surface area contributed by atoms with E-state index < -0.39 is 10.9 Å². The number of hydrogen-bond acceptors (Lipinski definition) is 4. The van der Waals surface area contributed by atoms with Gasteiger partial charge in [-0.1, -0.05) is 5.24 Å². The quantitative estimate of drug-likeness (QED) is 0.447. The average Bonchev–Trinajstić information content (AvgIpc) is 3.31. The van der Waals surface area contributed by atoms with Gasteiger partial charge >= 0.3 is 5.69 Å². The fourth-order valence-corrected chi connectivity index (χ4v) is 5.79. The minimum Gasteiger partial charge on any atom is -0.376 e. The third kappa shape index (κ3) is 4.10. The molecule has 160 valence electrons. The zero-order chi connectivity index (χ0) is 23.3. The molecular weight excluding hydrogens is 433 g/mol. The van der Waals surface area contributed by atoms with Crippen LogP contribution in [0.4, 0.5) is 0 Å². The van der Waals surface area contributed by atoms with Gasteiger partial charge in [-0.15, -0.1) is 11.3 Å². The van der Waals surface area contributed by atoms with E-state index in [1.807, 2.05) is 22.9 Å². The summed E-state index contributed by atoms with van der Waals surface area (Å²) in [6.07, 6.45) is 5.96. The Labute approximate surface area is 197 Å². The van der Waals surface area contributed by atoms with Gasteiger partial charge in [0, 0.05) is 34.9 Å². The minimum absolute atomic E-state index is 0.137. The summed E-state index contributed by atoms with van der Waals surface area (Å²) in [6, 6.07) is 7.25. The van der Waals surface area contributed by atoms with Crippen molar-refractivity contribution in [2.24, 2.45) is 0 Å². The molecule has 5 rings (SSSR count). The molecule has 6 radical (unpaired) electrons. The van der Waals surface area contributed by atoms with Crippen molar-refractivity contribution in [1.29, 1.82) is 0 Å². The number of aromatic nitrogens is 3. The average molecular weight is 452 g/mol. The monoisotopic (exact) mass is 452 g/mol. The summed E-state index contributed by atoms with van der Waals surface area (Å²) in [5.41, 5.74) is 1.72. The van der Waals surface area contributed by atoms with E-state index in [0.29, 0.717) is 22.4 Å². The van der Waals surface area contributed by atoms with E-state index in [9.17, 15) is 14.4 Å². The number of aromatic amines is 1. The van der Waals surface area contributed by atoms with E-state index in [-0.39, 0.29) is 17.9 Å². The molecule has 3 heterocycles. The summed E-state index contributed by atoms with van der Waals surface area (Å²) in [5.74, 6) is -0.369. The van der Waals surface area contributed by atoms with Crippen LogP contribution in [0.15, 0.2) is 40.1 Å². The molecule has 7 nitrogen and oxygen atoms in total. The molecule has 0 unspecified atom stereocenters. The molecule has 0 bridgehead atoms. The fraction of sp³-hybridized carbons (Fsp3) is 0.318. The lowest BCUT2D eigenvalue weighted by atomic mass is 9.49. The molecule has 0 saturated heterocycles. The topological polar surface area (TPSA) is 88.9 Å². The van der Waals surface area contributed by atoms with Crippen LogP contribution in [0.2, 0.25) is 0 Å². The summed E-state index contributed by atoms with van der Waals surface area (Å²) in [6.45, 7) is 0.387. The van der Waals surface area contributed by atoms with Gasteiger partial charge in [-0.05, 0) is 55.5 Å². The van der Waals surface area contributed by atoms with Crippen molar-refractivity contribution in [3.8, 4) is 5.69 Å². The summed E-state index contributed by atoms with van der Waals surface area (Å²) in [5, 5.41) is 2.03. The minimum atomic E-state index is -1.76. The molecule has 3 aromatic heterocycles. The van der Waals surface area contributed by atoms with Gasteiger partial charge in [0.2, 0.25) is 5.91 Å². The Morgan fingerprint density at radius 2 is 1.94 bits per heavy atom. The summed E-state index contributed by atoms with van der Waals surface area (Å²) >= 11 is 1.52. The molecule has 33 heavy (non-hydrogen) atoms. The van der Waals surface area contributed by atoms with Crippen molar-refractivity contribution in [1.82, 2.24) is 19.4 Å². The van der Waals surface area contributed by atoms with Crippen LogP contribution in [0.5, 0.6) is 0 Å². The van der Waals surface area contributed by atoms with E-state index in [2.05, 4.69) is 10.3 Å². The lowest BCUT2D eigenvalue weighted by Crippen LogP contribution is -2.50. The smallest absolute Gasteiger partial charge is 0.334 e. The van der Waals surface area contributed by atoms with Gasteiger partial charge in [0.25, 0.3) is 5.56 Å². The molecule has 0 fully saturated rings. The molecule has 4 aromatic rings. The highest BCUT2D eigenvalue weighted by Gasteiger charge is 2.21. The Morgan fingerprint density at radius 3 is 2.73 bits per heavy atom. The Bertz CT molecular complexity index is 1510. The van der Waals surface area contributed by atoms with Crippen LogP contribution in [0.25, 0.3) is 26.8 Å². The number of carbonyl (C=O) groups excluding carboxylic acids is 1. The van der Waals surface area contributed by atoms with E-state index in [1.165, 1.54) is 20.8 Å². The number of benzene rings is 1. The Hall–Kier alpha value is -2.94. The Morgan fingerprint density at radius 1 is 1.15 bits per heavy atom. The maximum Gasteiger partial charge on any atom is 0.334 e. The first-order chi connectivity index (χ1) is 15.7. The zero-order valence-electron chi connectivity index (χ0n) is 17.9. The molecule has 1 aromatic carbocycles. The van der Waals surface area contributed by atoms with Gasteiger partial charge in [0.15, 0.2) is 0 Å². The molecule has 1 aliphatic rings. The van der Waals surface area contributed by atoms with E-state index in [4.69, 9.17) is 23.5 Å². The number of thiophene rings is 1. The molecule has 1 aliphatic carbocycles. The fourth-order valence-electron chi connectivity index (χ4n) is 4.52. The van der Waals surface area contributed by atoms with Crippen molar-refractivity contribution in [2.75, 3.05) is 0 Å². The van der Waals surface area contributed by atoms with Crippen molar-refractivity contribution in [3.05, 3.63) is 61.7 Å². The first-order valence-electron chi connectivity index (χ1n) is 10.8. The van der Waals surface area contributed by atoms with Crippen LogP contribution >= 0.6 is 11.3 Å². The molecule has 0 spiro atoms. The lowest BCUT2D eigenvalue weighted by molar-refractivity contribution is -0.121. The number of aryl methyl sites for hydroxylation is 3. The van der Waals surface area contributed by atoms with E-state index in [1.54, 1.807) is 12.1 Å².